The molecular weight excluding hydrogens is 1570 g/mol. The van der Waals surface area contributed by atoms with Crippen LogP contribution < -0.4 is 26.2 Å². The van der Waals surface area contributed by atoms with E-state index in [4.69, 9.17) is 0 Å². The van der Waals surface area contributed by atoms with Crippen molar-refractivity contribution in [3.8, 4) is 83.6 Å². The van der Waals surface area contributed by atoms with Gasteiger partial charge in [-0.1, -0.05) is 344 Å². The van der Waals surface area contributed by atoms with Crippen LogP contribution in [-0.2, 0) is 21.7 Å². The molecule has 0 amide bonds. The second kappa shape index (κ2) is 28.3. The Balaban J connectivity index is 0.886. The molecule has 0 N–H and O–H groups in total. The zero-order valence-electron chi connectivity index (χ0n) is 83.0. The van der Waals surface area contributed by atoms with Crippen LogP contribution >= 0.6 is 0 Å². The van der Waals surface area contributed by atoms with Gasteiger partial charge in [0.25, 0.3) is 6.71 Å². The molecule has 2 aliphatic heterocycles. The maximum absolute atomic E-state index is 10.2. The molecule has 0 saturated carbocycles. The summed E-state index contributed by atoms with van der Waals surface area (Å²) in [5, 5.41) is 8.95. The van der Waals surface area contributed by atoms with E-state index in [0.717, 1.165) is 210 Å². The Hall–Kier alpha value is -15.0. The number of rotatable bonds is 10. The molecule has 5 nitrogen and oxygen atoms in total. The monoisotopic (exact) mass is 1680 g/mol. The average Bonchev–Trinajstić information content (AvgIpc) is 0.738. The maximum Gasteiger partial charge on any atom is 0.252 e. The van der Waals surface area contributed by atoms with E-state index >= 15 is 0 Å². The van der Waals surface area contributed by atoms with Crippen LogP contribution in [0, 0.1) is 0 Å². The molecule has 0 spiro atoms. The predicted molar refractivity (Wildman–Crippen MR) is 557 cm³/mol. The van der Waals surface area contributed by atoms with Crippen LogP contribution in [-0.4, -0.2) is 20.1 Å². The van der Waals surface area contributed by atoms with Gasteiger partial charge in [0.15, 0.2) is 0 Å². The Morgan fingerprint density at radius 3 is 1.02 bits per heavy atom. The molecule has 0 fully saturated rings. The Bertz CT molecular complexity index is 8610. The molecule has 18 aromatic carbocycles. The highest BCUT2D eigenvalue weighted by Crippen LogP contribution is 2.58. The van der Waals surface area contributed by atoms with E-state index in [1.165, 1.54) is 16.7 Å². The minimum atomic E-state index is -0.583. The standard InChI is InChI=1S/C124H98BN5/c1-121(2,3)85-62-82(63-86(69-85)122(4,5)6)79-56-58-104-112(68-79)129(118-98(80-40-31-38-77(60-80)75-34-15-13-16-35-75)70-87(123(7,8)9)71-99(118)81-41-32-39-78(61-81)76-36-17-14-18-37-76)114-72-88(124(10,11)12)73-115-116(114)125(104)105-59-57-89(126-106-50-25-19-42-92(106)93-43-20-26-51-107(93)126)74-113(105)130(115)117-90(83-64-100-94-44-21-27-52-108(94)127-109-53-28-22-45-95(109)101(65-83)119(100)127)48-33-49-91(117)84-66-102-96-46-23-29-54-110(96)128-111-55-30-24-47-97(111)103(67-84)120(102)128/h13-74H,1-12H3/i19D,20D,25D,26D,42D,43D,50D,51D. The van der Waals surface area contributed by atoms with Crippen molar-refractivity contribution in [2.24, 2.45) is 0 Å². The molecule has 622 valence electrons. The van der Waals surface area contributed by atoms with Crippen LogP contribution in [0.15, 0.2) is 376 Å². The highest BCUT2D eigenvalue weighted by molar-refractivity contribution is 7.00. The van der Waals surface area contributed by atoms with Crippen molar-refractivity contribution in [3.05, 3.63) is 398 Å². The first-order valence-electron chi connectivity index (χ1n) is 49.6. The number of aromatic nitrogens is 3. The van der Waals surface area contributed by atoms with E-state index in [-0.39, 0.29) is 50.1 Å². The van der Waals surface area contributed by atoms with Gasteiger partial charge in [-0.25, -0.2) is 0 Å². The largest absolute Gasteiger partial charge is 0.310 e. The summed E-state index contributed by atoms with van der Waals surface area (Å²) < 4.78 is 84.7. The minimum absolute atomic E-state index is 0.000558. The second-order valence-electron chi connectivity index (χ2n) is 40.2. The highest BCUT2D eigenvalue weighted by Gasteiger charge is 2.47. The van der Waals surface area contributed by atoms with Gasteiger partial charge in [-0.15, -0.1) is 0 Å². The van der Waals surface area contributed by atoms with Crippen LogP contribution in [0.5, 0.6) is 0 Å². The molecule has 130 heavy (non-hydrogen) atoms. The summed E-state index contributed by atoms with van der Waals surface area (Å²) >= 11 is 0. The van der Waals surface area contributed by atoms with E-state index in [1.807, 2.05) is 6.07 Å². The number of benzene rings is 18. The van der Waals surface area contributed by atoms with Gasteiger partial charge in [0.05, 0.1) is 66.5 Å². The molecule has 0 atom stereocenters. The molecular formula is C124H98BN5. The van der Waals surface area contributed by atoms with Crippen molar-refractivity contribution >= 4 is 155 Å². The van der Waals surface area contributed by atoms with Crippen molar-refractivity contribution in [1.29, 1.82) is 0 Å². The number of nitrogens with zero attached hydrogens (tertiary/aromatic N) is 5. The van der Waals surface area contributed by atoms with Gasteiger partial charge in [0.1, 0.15) is 0 Å². The van der Waals surface area contributed by atoms with E-state index in [1.54, 1.807) is 4.57 Å². The van der Waals surface area contributed by atoms with Gasteiger partial charge in [0.2, 0.25) is 0 Å². The molecule has 25 rings (SSSR count). The van der Waals surface area contributed by atoms with Crippen LogP contribution in [0.3, 0.4) is 0 Å². The van der Waals surface area contributed by atoms with Gasteiger partial charge in [-0.2, -0.15) is 0 Å². The summed E-state index contributed by atoms with van der Waals surface area (Å²) in [4.78, 5) is 5.23. The summed E-state index contributed by atoms with van der Waals surface area (Å²) in [6, 6.07) is 119. The predicted octanol–water partition coefficient (Wildman–Crippen LogP) is 32.0. The van der Waals surface area contributed by atoms with Gasteiger partial charge >= 0.3 is 0 Å². The number of hydrogen-bond acceptors (Lipinski definition) is 2. The number of para-hydroxylation sites is 7. The number of anilines is 6. The summed E-state index contributed by atoms with van der Waals surface area (Å²) in [6.07, 6.45) is 0. The summed E-state index contributed by atoms with van der Waals surface area (Å²) in [7, 11) is 0. The topological polar surface area (TPSA) is 20.2 Å². The van der Waals surface area contributed by atoms with E-state index in [0.29, 0.717) is 5.69 Å². The SMILES string of the molecule is [2H]c1c([2H])c([2H])c2c(c1[2H])c1c([2H])c([2H])c([2H])c([2H])c1n2-c1ccc2c(c1)N(c1c(-c3cc4c5ccccc5n5c6ccccc6c(c3)c45)cccc1-c1cc3c4ccccc4n4c5ccccc5c(c1)c34)c1cc(C(C)(C)C)cc3c1B2c1ccc(-c2cc(C(C)(C)C)cc(C(C)(C)C)c2)cc1N3c1c(-c2cccc(-c3ccccc3)c2)cc(C(C)(C)C)cc1-c1cccc(-c2ccccc2)c1. The molecule has 6 heteroatoms. The number of fused-ring (bicyclic) bond motifs is 19. The first-order valence-corrected chi connectivity index (χ1v) is 45.6. The summed E-state index contributed by atoms with van der Waals surface area (Å²) in [5.41, 5.74) is 33.4. The quantitative estimate of drug-likeness (QED) is 0.127. The van der Waals surface area contributed by atoms with Gasteiger partial charge in [0, 0.05) is 105 Å². The van der Waals surface area contributed by atoms with Crippen molar-refractivity contribution in [1.82, 2.24) is 13.4 Å². The smallest absolute Gasteiger partial charge is 0.252 e. The van der Waals surface area contributed by atoms with Crippen molar-refractivity contribution < 1.29 is 11.0 Å². The fraction of sp³-hybridized carbons (Fsp3) is 0.129. The van der Waals surface area contributed by atoms with E-state index < -0.39 is 48.4 Å². The molecule has 23 aromatic rings. The highest BCUT2D eigenvalue weighted by atomic mass is 15.2. The van der Waals surface area contributed by atoms with Crippen molar-refractivity contribution in [2.75, 3.05) is 9.80 Å². The molecule has 0 aliphatic carbocycles. The normalized spacial score (nSPS) is 14.0. The lowest BCUT2D eigenvalue weighted by atomic mass is 9.33. The summed E-state index contributed by atoms with van der Waals surface area (Å²) in [6.45, 7) is 27.3. The molecule has 0 unspecified atom stereocenters. The van der Waals surface area contributed by atoms with Crippen LogP contribution in [0.2, 0.25) is 0 Å². The lowest BCUT2D eigenvalue weighted by Gasteiger charge is -2.46. The first kappa shape index (κ1) is 69.2. The van der Waals surface area contributed by atoms with Crippen LogP contribution in [0.1, 0.15) is 116 Å². The van der Waals surface area contributed by atoms with E-state index in [9.17, 15) is 11.0 Å². The van der Waals surface area contributed by atoms with Gasteiger partial charge in [-0.3, -0.25) is 0 Å². The molecule has 5 aromatic heterocycles. The zero-order chi connectivity index (χ0) is 94.8. The fourth-order valence-electron chi connectivity index (χ4n) is 21.8. The zero-order valence-corrected chi connectivity index (χ0v) is 75.0. The molecule has 0 saturated heterocycles. The summed E-state index contributed by atoms with van der Waals surface area (Å²) in [5.74, 6) is 0. The average molecular weight is 1680 g/mol. The fourth-order valence-corrected chi connectivity index (χ4v) is 21.8. The lowest BCUT2D eigenvalue weighted by molar-refractivity contribution is 0.569. The van der Waals surface area contributed by atoms with Crippen molar-refractivity contribution in [3.63, 3.8) is 0 Å². The Kier molecular flexibility index (Phi) is 15.0. The lowest BCUT2D eigenvalue weighted by Crippen LogP contribution is -2.61. The van der Waals surface area contributed by atoms with E-state index in [2.05, 4.69) is 423 Å². The Labute approximate surface area is 771 Å². The Morgan fingerprint density at radius 2 is 0.585 bits per heavy atom. The molecule has 0 bridgehead atoms. The van der Waals surface area contributed by atoms with Gasteiger partial charge < -0.3 is 23.2 Å². The van der Waals surface area contributed by atoms with Crippen LogP contribution in [0.4, 0.5) is 34.1 Å². The Morgan fingerprint density at radius 1 is 0.231 bits per heavy atom. The molecule has 2 aliphatic rings. The third kappa shape index (κ3) is 11.8. The third-order valence-electron chi connectivity index (χ3n) is 28.3. The molecule has 7 heterocycles. The van der Waals surface area contributed by atoms with Crippen LogP contribution in [0.25, 0.3) is 182 Å². The number of hydrogen-bond donors (Lipinski definition) is 0. The van der Waals surface area contributed by atoms with Gasteiger partial charge in [-0.05, 0) is 231 Å². The van der Waals surface area contributed by atoms with Crippen molar-refractivity contribution in [2.45, 2.75) is 105 Å². The second-order valence-corrected chi connectivity index (χ2v) is 40.2. The first-order chi connectivity index (χ1) is 66.3. The molecule has 0 radical (unpaired) electrons. The maximum atomic E-state index is 10.2. The third-order valence-corrected chi connectivity index (χ3v) is 28.3. The minimum Gasteiger partial charge on any atom is -0.310 e.